The first-order valence-corrected chi connectivity index (χ1v) is 21.0. The molecule has 0 atom stereocenters. The van der Waals surface area contributed by atoms with Crippen molar-refractivity contribution in [2.24, 2.45) is 0 Å². The van der Waals surface area contributed by atoms with Crippen molar-refractivity contribution in [3.63, 3.8) is 0 Å². The molecule has 9 aromatic rings. The molecular weight excluding hydrogens is 926 g/mol. The van der Waals surface area contributed by atoms with Gasteiger partial charge in [0.15, 0.2) is 0 Å². The molecule has 2 aromatic heterocycles. The Balaban J connectivity index is 0.00000476. The normalized spacial score (nSPS) is 12.5. The minimum atomic E-state index is -0.0569. The molecule has 10 rings (SSSR count). The van der Waals surface area contributed by atoms with E-state index in [2.05, 4.69) is 177 Å². The van der Waals surface area contributed by atoms with Gasteiger partial charge in [-0.25, -0.2) is 4.98 Å². The quantitative estimate of drug-likeness (QED) is 0.162. The van der Waals surface area contributed by atoms with Crippen LogP contribution in [0.3, 0.4) is 0 Å². The summed E-state index contributed by atoms with van der Waals surface area (Å²) in [6.07, 6.45) is 6.14. The van der Waals surface area contributed by atoms with Gasteiger partial charge in [0.2, 0.25) is 0 Å². The van der Waals surface area contributed by atoms with Crippen LogP contribution in [0.25, 0.3) is 83.9 Å². The fraction of sp³-hybridized carbons (Fsp3) is 0.143. The van der Waals surface area contributed by atoms with Crippen LogP contribution in [0.2, 0.25) is 0 Å². The van der Waals surface area contributed by atoms with Crippen molar-refractivity contribution in [2.45, 2.75) is 51.9 Å². The van der Waals surface area contributed by atoms with Crippen LogP contribution in [-0.2, 0) is 39.3 Å². The SMILES string of the molecule is CC(C)(C)c1ccc(-n2c(-c3cc4c(cc3O)CCCC4)nc3c(-c4[c-]c(-c5cc(-c6ccccc6)ccn5)cc(-c5ccccc5)c4)cccc32)c(-c2ccccc2)c1.[Pt]. The molecule has 0 saturated heterocycles. The second kappa shape index (κ2) is 16.6. The Bertz CT molecular complexity index is 3020. The Morgan fingerprint density at radius 3 is 1.89 bits per heavy atom. The monoisotopic (exact) mass is 971 g/mol. The summed E-state index contributed by atoms with van der Waals surface area (Å²) in [5, 5.41) is 11.9. The van der Waals surface area contributed by atoms with Gasteiger partial charge in [0.1, 0.15) is 11.6 Å². The van der Waals surface area contributed by atoms with Crippen LogP contribution < -0.4 is 0 Å². The Kier molecular flexibility index (Phi) is 10.9. The van der Waals surface area contributed by atoms with E-state index in [9.17, 15) is 5.11 Å². The van der Waals surface area contributed by atoms with E-state index < -0.39 is 0 Å². The molecule has 1 aliphatic carbocycles. The minimum absolute atomic E-state index is 0. The molecule has 0 fully saturated rings. The Hall–Kier alpha value is -6.35. The molecular formula is C56H46N3OPt-. The first-order valence-electron chi connectivity index (χ1n) is 21.0. The van der Waals surface area contributed by atoms with Crippen LogP contribution in [0.4, 0.5) is 0 Å². The van der Waals surface area contributed by atoms with Gasteiger partial charge in [0.05, 0.1) is 22.3 Å². The predicted molar refractivity (Wildman–Crippen MR) is 247 cm³/mol. The van der Waals surface area contributed by atoms with Crippen molar-refractivity contribution >= 4 is 11.0 Å². The van der Waals surface area contributed by atoms with Crippen LogP contribution in [0.1, 0.15) is 50.3 Å². The fourth-order valence-corrected chi connectivity index (χ4v) is 8.78. The number of phenols is 1. The van der Waals surface area contributed by atoms with Gasteiger partial charge in [-0.2, -0.15) is 0 Å². The fourth-order valence-electron chi connectivity index (χ4n) is 8.78. The molecule has 0 bridgehead atoms. The van der Waals surface area contributed by atoms with E-state index in [4.69, 9.17) is 9.97 Å². The Labute approximate surface area is 372 Å². The van der Waals surface area contributed by atoms with Gasteiger partial charge in [0, 0.05) is 38.5 Å². The molecule has 0 spiro atoms. The molecule has 0 saturated carbocycles. The van der Waals surface area contributed by atoms with Gasteiger partial charge in [-0.3, -0.25) is 9.55 Å². The van der Waals surface area contributed by atoms with E-state index in [1.54, 1.807) is 0 Å². The van der Waals surface area contributed by atoms with Gasteiger partial charge in [-0.15, -0.1) is 23.8 Å². The molecule has 5 heteroatoms. The van der Waals surface area contributed by atoms with Crippen LogP contribution in [0, 0.1) is 6.07 Å². The van der Waals surface area contributed by atoms with Crippen LogP contribution >= 0.6 is 0 Å². The molecule has 0 aliphatic heterocycles. The summed E-state index contributed by atoms with van der Waals surface area (Å²) in [5.41, 5.74) is 17.5. The number of rotatable bonds is 7. The number of aryl methyl sites for hydroxylation is 2. The van der Waals surface area contributed by atoms with Crippen LogP contribution in [0.5, 0.6) is 5.75 Å². The van der Waals surface area contributed by atoms with Gasteiger partial charge >= 0.3 is 0 Å². The predicted octanol–water partition coefficient (Wildman–Crippen LogP) is 14.1. The maximum atomic E-state index is 11.9. The summed E-state index contributed by atoms with van der Waals surface area (Å²) >= 11 is 0. The molecule has 302 valence electrons. The van der Waals surface area contributed by atoms with E-state index in [0.717, 1.165) is 104 Å². The van der Waals surface area contributed by atoms with Crippen molar-refractivity contribution in [2.75, 3.05) is 0 Å². The topological polar surface area (TPSA) is 50.9 Å². The third kappa shape index (κ3) is 7.78. The Morgan fingerprint density at radius 2 is 1.20 bits per heavy atom. The second-order valence-corrected chi connectivity index (χ2v) is 17.0. The zero-order chi connectivity index (χ0) is 40.8. The second-order valence-electron chi connectivity index (χ2n) is 17.0. The molecule has 0 amide bonds. The molecule has 1 aliphatic rings. The number of imidazole rings is 1. The number of hydrogen-bond donors (Lipinski definition) is 1. The van der Waals surface area contributed by atoms with Gasteiger partial charge < -0.3 is 5.11 Å². The number of fused-ring (bicyclic) bond motifs is 2. The largest absolute Gasteiger partial charge is 0.507 e. The van der Waals surface area contributed by atoms with Crippen molar-refractivity contribution in [1.82, 2.24) is 14.5 Å². The minimum Gasteiger partial charge on any atom is -0.507 e. The zero-order valence-electron chi connectivity index (χ0n) is 34.6. The number of aromatic nitrogens is 3. The number of benzene rings is 7. The van der Waals surface area contributed by atoms with E-state index in [1.165, 1.54) is 16.7 Å². The maximum Gasteiger partial charge on any atom is 0.148 e. The molecule has 0 unspecified atom stereocenters. The average Bonchev–Trinajstić information content (AvgIpc) is 3.68. The van der Waals surface area contributed by atoms with E-state index in [0.29, 0.717) is 5.82 Å². The maximum absolute atomic E-state index is 11.9. The molecule has 1 N–H and O–H groups in total. The van der Waals surface area contributed by atoms with Gasteiger partial charge in [0.25, 0.3) is 0 Å². The van der Waals surface area contributed by atoms with E-state index in [-0.39, 0.29) is 32.2 Å². The third-order valence-electron chi connectivity index (χ3n) is 12.0. The molecule has 2 heterocycles. The van der Waals surface area contributed by atoms with Gasteiger partial charge in [-0.05, 0) is 106 Å². The third-order valence-corrected chi connectivity index (χ3v) is 12.0. The summed E-state index contributed by atoms with van der Waals surface area (Å²) in [6, 6.07) is 61.4. The van der Waals surface area contributed by atoms with Crippen molar-refractivity contribution in [1.29, 1.82) is 0 Å². The standard InChI is InChI=1S/C56H46N3O.Pt/c1-56(2,3)46-26-27-51(48(36-46)39-20-11-6-12-21-39)59-52-25-15-24-47(54(52)58-55(59)49-33-40-22-13-14-23-41(40)35-53(49)60)44-30-43(38-18-9-5-10-19-38)31-45(32-44)50-34-42(28-29-57-50)37-16-7-4-8-17-37;/h4-12,15-21,24-31,33-36,60H,13-14,22-23H2,1-3H3;/q-1;. The summed E-state index contributed by atoms with van der Waals surface area (Å²) in [5.74, 6) is 0.964. The molecule has 61 heavy (non-hydrogen) atoms. The number of pyridine rings is 1. The number of hydrogen-bond acceptors (Lipinski definition) is 3. The van der Waals surface area contributed by atoms with Crippen LogP contribution in [0.15, 0.2) is 170 Å². The molecule has 7 aromatic carbocycles. The molecule has 0 radical (unpaired) electrons. The summed E-state index contributed by atoms with van der Waals surface area (Å²) in [4.78, 5) is 10.5. The van der Waals surface area contributed by atoms with Crippen molar-refractivity contribution < 1.29 is 26.2 Å². The number of para-hydroxylation sites is 1. The average molecular weight is 972 g/mol. The van der Waals surface area contributed by atoms with Gasteiger partial charge in [-0.1, -0.05) is 153 Å². The summed E-state index contributed by atoms with van der Waals surface area (Å²) in [6.45, 7) is 6.77. The number of phenolic OH excluding ortho intramolecular Hbond substituents is 1. The first kappa shape index (κ1) is 40.1. The van der Waals surface area contributed by atoms with E-state index in [1.807, 2.05) is 24.4 Å². The summed E-state index contributed by atoms with van der Waals surface area (Å²) < 4.78 is 2.27. The zero-order valence-corrected chi connectivity index (χ0v) is 36.9. The number of aromatic hydroxyl groups is 1. The smallest absolute Gasteiger partial charge is 0.148 e. The Morgan fingerprint density at radius 1 is 0.557 bits per heavy atom. The van der Waals surface area contributed by atoms with Crippen molar-refractivity contribution in [3.8, 4) is 78.6 Å². The number of nitrogens with zero attached hydrogens (tertiary/aromatic N) is 3. The van der Waals surface area contributed by atoms with E-state index >= 15 is 0 Å². The molecule has 4 nitrogen and oxygen atoms in total. The van der Waals surface area contributed by atoms with Crippen LogP contribution in [-0.4, -0.2) is 19.6 Å². The summed E-state index contributed by atoms with van der Waals surface area (Å²) in [7, 11) is 0. The first-order chi connectivity index (χ1) is 29.3. The van der Waals surface area contributed by atoms with Crippen molar-refractivity contribution in [3.05, 3.63) is 193 Å².